The molecule has 0 saturated carbocycles. The SMILES string of the molecule is FC(F)(Br)C(F)(Cl)[Se]c1ccccc1. The van der Waals surface area contributed by atoms with E-state index in [1.807, 2.05) is 15.9 Å². The van der Waals surface area contributed by atoms with Crippen LogP contribution in [-0.2, 0) is 0 Å². The van der Waals surface area contributed by atoms with E-state index in [4.69, 9.17) is 11.6 Å². The number of rotatable bonds is 3. The Morgan fingerprint density at radius 3 is 2.07 bits per heavy atom. The van der Waals surface area contributed by atoms with Crippen LogP contribution in [0.1, 0.15) is 0 Å². The zero-order valence-corrected chi connectivity index (χ0v) is 10.7. The van der Waals surface area contributed by atoms with Crippen LogP contribution in [0.4, 0.5) is 13.2 Å². The third kappa shape index (κ3) is 3.16. The number of alkyl halides is 5. The summed E-state index contributed by atoms with van der Waals surface area (Å²) in [5.41, 5.74) is 0. The standard InChI is InChI=1S/C8H5BrClF3Se/c9-7(11,12)8(10,13)14-6-4-2-1-3-5-6/h1-5H. The quantitative estimate of drug-likeness (QED) is 0.580. The van der Waals surface area contributed by atoms with E-state index in [0.717, 1.165) is 0 Å². The first-order chi connectivity index (χ1) is 6.33. The van der Waals surface area contributed by atoms with E-state index >= 15 is 0 Å². The van der Waals surface area contributed by atoms with Crippen molar-refractivity contribution < 1.29 is 13.2 Å². The molecule has 0 spiro atoms. The first-order valence-corrected chi connectivity index (χ1v) is 6.40. The Morgan fingerprint density at radius 1 is 1.14 bits per heavy atom. The van der Waals surface area contributed by atoms with Crippen molar-refractivity contribution in [2.45, 2.75) is 8.86 Å². The monoisotopic (exact) mass is 352 g/mol. The second-order valence-electron chi connectivity index (χ2n) is 2.43. The van der Waals surface area contributed by atoms with E-state index in [1.165, 1.54) is 0 Å². The first-order valence-electron chi connectivity index (χ1n) is 3.51. The molecule has 0 aliphatic carbocycles. The summed E-state index contributed by atoms with van der Waals surface area (Å²) in [6.45, 7) is 0. The Hall–Kier alpha value is 0.299. The fourth-order valence-corrected chi connectivity index (χ4v) is 3.06. The van der Waals surface area contributed by atoms with E-state index < -0.39 is 23.8 Å². The Morgan fingerprint density at radius 2 is 1.64 bits per heavy atom. The van der Waals surface area contributed by atoms with Gasteiger partial charge in [-0.15, -0.1) is 0 Å². The molecule has 0 nitrogen and oxygen atoms in total. The van der Waals surface area contributed by atoms with Crippen LogP contribution in [0, 0.1) is 0 Å². The fraction of sp³-hybridized carbons (Fsp3) is 0.250. The molecule has 1 aromatic carbocycles. The first kappa shape index (κ1) is 12.4. The zero-order chi connectivity index (χ0) is 10.8. The summed E-state index contributed by atoms with van der Waals surface area (Å²) in [5, 5.41) is 0. The molecule has 0 aliphatic heterocycles. The molecule has 1 unspecified atom stereocenters. The van der Waals surface area contributed by atoms with Crippen LogP contribution in [-0.4, -0.2) is 23.8 Å². The summed E-state index contributed by atoms with van der Waals surface area (Å²) >= 11 is 5.89. The van der Waals surface area contributed by atoms with Crippen molar-refractivity contribution in [3.05, 3.63) is 30.3 Å². The Balaban J connectivity index is 2.79. The second kappa shape index (κ2) is 4.43. The molecule has 0 N–H and O–H groups in total. The van der Waals surface area contributed by atoms with Gasteiger partial charge in [0.1, 0.15) is 0 Å². The van der Waals surface area contributed by atoms with Crippen molar-refractivity contribution in [1.29, 1.82) is 0 Å². The number of hydrogen-bond donors (Lipinski definition) is 0. The van der Waals surface area contributed by atoms with Gasteiger partial charge in [0, 0.05) is 0 Å². The summed E-state index contributed by atoms with van der Waals surface area (Å²) in [4.78, 5) is -3.71. The molecule has 6 heteroatoms. The summed E-state index contributed by atoms with van der Waals surface area (Å²) < 4.78 is 35.9. The minimum absolute atomic E-state index is 0.483. The van der Waals surface area contributed by atoms with Crippen molar-refractivity contribution >= 4 is 46.9 Å². The maximum absolute atomic E-state index is 13.3. The molecule has 0 heterocycles. The van der Waals surface area contributed by atoms with Crippen LogP contribution in [0.3, 0.4) is 0 Å². The molecule has 1 aromatic rings. The van der Waals surface area contributed by atoms with Crippen LogP contribution < -0.4 is 4.46 Å². The molecule has 78 valence electrons. The third-order valence-electron chi connectivity index (χ3n) is 1.32. The van der Waals surface area contributed by atoms with Crippen molar-refractivity contribution in [2.24, 2.45) is 0 Å². The van der Waals surface area contributed by atoms with Crippen molar-refractivity contribution in [3.63, 3.8) is 0 Å². The van der Waals surface area contributed by atoms with Gasteiger partial charge in [-0.25, -0.2) is 0 Å². The number of hydrogen-bond acceptors (Lipinski definition) is 0. The minimum atomic E-state index is -3.71. The van der Waals surface area contributed by atoms with Gasteiger partial charge in [0.05, 0.1) is 0 Å². The second-order valence-corrected chi connectivity index (χ2v) is 7.05. The summed E-state index contributed by atoms with van der Waals surface area (Å²) in [6.07, 6.45) is 0. The molecule has 1 atom stereocenters. The fourth-order valence-electron chi connectivity index (χ4n) is 0.694. The van der Waals surface area contributed by atoms with Crippen LogP contribution in [0.2, 0.25) is 0 Å². The van der Waals surface area contributed by atoms with Gasteiger partial charge in [-0.1, -0.05) is 0 Å². The summed E-state index contributed by atoms with van der Waals surface area (Å²) in [7, 11) is 0. The van der Waals surface area contributed by atoms with Crippen molar-refractivity contribution in [1.82, 2.24) is 0 Å². The molecule has 0 saturated heterocycles. The van der Waals surface area contributed by atoms with Gasteiger partial charge in [0.15, 0.2) is 0 Å². The van der Waals surface area contributed by atoms with E-state index in [2.05, 4.69) is 0 Å². The summed E-state index contributed by atoms with van der Waals surface area (Å²) in [5.74, 6) is 0. The summed E-state index contributed by atoms with van der Waals surface area (Å²) in [6, 6.07) is 8.15. The van der Waals surface area contributed by atoms with E-state index in [9.17, 15) is 13.2 Å². The van der Waals surface area contributed by atoms with E-state index in [0.29, 0.717) is 4.46 Å². The average Bonchev–Trinajstić information content (AvgIpc) is 2.03. The molecule has 0 amide bonds. The van der Waals surface area contributed by atoms with Crippen LogP contribution in [0.15, 0.2) is 30.3 Å². The van der Waals surface area contributed by atoms with Crippen LogP contribution >= 0.6 is 27.5 Å². The van der Waals surface area contributed by atoms with Gasteiger partial charge in [-0.05, 0) is 0 Å². The molecule has 14 heavy (non-hydrogen) atoms. The average molecular weight is 352 g/mol. The Bertz CT molecular complexity index is 299. The van der Waals surface area contributed by atoms with Gasteiger partial charge in [-0.3, -0.25) is 0 Å². The van der Waals surface area contributed by atoms with Crippen molar-refractivity contribution in [3.8, 4) is 0 Å². The normalized spacial score (nSPS) is 16.4. The van der Waals surface area contributed by atoms with Crippen molar-refractivity contribution in [2.75, 3.05) is 0 Å². The Labute approximate surface area is 99.1 Å². The predicted molar refractivity (Wildman–Crippen MR) is 55.4 cm³/mol. The molecular formula is C8H5BrClF3Se. The predicted octanol–water partition coefficient (Wildman–Crippen LogP) is 2.87. The Kier molecular flexibility index (Phi) is 3.92. The van der Waals surface area contributed by atoms with Gasteiger partial charge < -0.3 is 0 Å². The van der Waals surface area contributed by atoms with Gasteiger partial charge in [0.2, 0.25) is 0 Å². The molecule has 0 aromatic heterocycles. The molecule has 0 fully saturated rings. The van der Waals surface area contributed by atoms with Crippen LogP contribution in [0.5, 0.6) is 0 Å². The van der Waals surface area contributed by atoms with Gasteiger partial charge in [-0.2, -0.15) is 0 Å². The van der Waals surface area contributed by atoms with Crippen LogP contribution in [0.25, 0.3) is 0 Å². The molecule has 1 rings (SSSR count). The van der Waals surface area contributed by atoms with E-state index in [-0.39, 0.29) is 0 Å². The molecule has 0 aliphatic rings. The maximum atomic E-state index is 13.3. The molecular weight excluding hydrogens is 347 g/mol. The van der Waals surface area contributed by atoms with E-state index in [1.54, 1.807) is 30.3 Å². The topological polar surface area (TPSA) is 0 Å². The molecule has 0 radical (unpaired) electrons. The number of halogens is 5. The molecule has 0 bridgehead atoms. The van der Waals surface area contributed by atoms with Gasteiger partial charge in [0.25, 0.3) is 0 Å². The number of benzene rings is 1. The zero-order valence-electron chi connectivity index (χ0n) is 6.68. The third-order valence-corrected chi connectivity index (χ3v) is 5.46. The van der Waals surface area contributed by atoms with Gasteiger partial charge >= 0.3 is 99.3 Å².